The molecule has 2 amide bonds. The molecule has 3 N–H and O–H groups in total. The van der Waals surface area contributed by atoms with Gasteiger partial charge in [-0.25, -0.2) is 0 Å². The van der Waals surface area contributed by atoms with Crippen molar-refractivity contribution >= 4 is 24.4 Å². The van der Waals surface area contributed by atoms with Crippen LogP contribution >= 0.6 is 0 Å². The first-order chi connectivity index (χ1) is 16.1. The van der Waals surface area contributed by atoms with E-state index in [1.165, 1.54) is 56.5 Å². The maximum atomic E-state index is 11.5. The van der Waals surface area contributed by atoms with Gasteiger partial charge in [0.1, 0.15) is 17.3 Å². The van der Waals surface area contributed by atoms with Gasteiger partial charge in [-0.05, 0) is 18.6 Å². The van der Waals surface area contributed by atoms with Crippen molar-refractivity contribution in [2.24, 2.45) is 0 Å². The van der Waals surface area contributed by atoms with E-state index in [0.717, 1.165) is 6.42 Å². The van der Waals surface area contributed by atoms with E-state index in [9.17, 15) is 19.5 Å². The van der Waals surface area contributed by atoms with Crippen LogP contribution in [-0.4, -0.2) is 70.7 Å². The second-order valence-electron chi connectivity index (χ2n) is 7.96. The van der Waals surface area contributed by atoms with E-state index in [0.29, 0.717) is 37.4 Å². The number of carbonyl (C=O) groups is 2. The van der Waals surface area contributed by atoms with Gasteiger partial charge >= 0.3 is 19.8 Å². The van der Waals surface area contributed by atoms with Crippen LogP contribution in [0.1, 0.15) is 48.9 Å². The van der Waals surface area contributed by atoms with Gasteiger partial charge in [-0.2, -0.15) is 11.5 Å². The number of aldehydes is 1. The molecule has 0 spiro atoms. The maximum Gasteiger partial charge on any atom is 1.00 e. The number of morpholine rings is 1. The quantitative estimate of drug-likeness (QED) is 0.324. The summed E-state index contributed by atoms with van der Waals surface area (Å²) in [6.45, 7) is 1.14. The summed E-state index contributed by atoms with van der Waals surface area (Å²) in [5.41, 5.74) is 0.0110. The number of carbonyl (C=O) groups excluding carboxylic acids is 3. The molecule has 1 saturated carbocycles. The summed E-state index contributed by atoms with van der Waals surface area (Å²) in [5.74, 6) is -0.0131. The van der Waals surface area contributed by atoms with Gasteiger partial charge in [0, 0.05) is 18.2 Å². The number of aromatic amines is 1. The maximum absolute atomic E-state index is 11.5. The van der Waals surface area contributed by atoms with Crippen molar-refractivity contribution in [1.29, 1.82) is 0 Å². The minimum absolute atomic E-state index is 0. The number of nitrogens with zero attached hydrogens (tertiary/aromatic N) is 2. The normalized spacial score (nSPS) is 19.6. The molecule has 1 radical (unpaired) electrons. The molecule has 34 heavy (non-hydrogen) atoms. The van der Waals surface area contributed by atoms with E-state index in [-0.39, 0.29) is 43.5 Å². The third-order valence-corrected chi connectivity index (χ3v) is 5.60. The van der Waals surface area contributed by atoms with Crippen LogP contribution in [0.4, 0.5) is 5.82 Å². The van der Waals surface area contributed by atoms with Crippen molar-refractivity contribution in [3.63, 3.8) is 0 Å². The van der Waals surface area contributed by atoms with Crippen molar-refractivity contribution in [1.82, 2.24) is 15.1 Å². The van der Waals surface area contributed by atoms with Gasteiger partial charge in [-0.15, -0.1) is 0 Å². The molecule has 1 aromatic heterocycles. The van der Waals surface area contributed by atoms with Gasteiger partial charge in [0.25, 0.3) is 5.91 Å². The zero-order valence-corrected chi connectivity index (χ0v) is 21.3. The Labute approximate surface area is 211 Å². The molecule has 6 rings (SSSR count). The zero-order valence-electron chi connectivity index (χ0n) is 18.7. The van der Waals surface area contributed by atoms with Crippen molar-refractivity contribution in [2.45, 2.75) is 50.6 Å². The number of anilines is 1. The summed E-state index contributed by atoms with van der Waals surface area (Å²) in [6.07, 6.45) is 12.5. The number of amides is 2. The standard InChI is InChI=1S/C12H11N3O4.C6H8NO2.C5H10.Os/c16-6-8-9(17)2-1-3-10(8)19-7-12(18)14-11-4-5-13-15-11;8-4-7-5-1-6(7)3-9-2-5;1-2-4-5-3-1;/h1-6,17H,7H2,(H2,13,14,15,18);5-6H,1-3H2;1-5H2;/q;-1;;+1. The molecule has 2 aromatic rings. The van der Waals surface area contributed by atoms with Crippen LogP contribution in [0, 0.1) is 0 Å². The molecule has 185 valence electrons. The fourth-order valence-electron chi connectivity index (χ4n) is 3.80. The zero-order chi connectivity index (χ0) is 23.5. The monoisotopic (exact) mass is 649 g/mol. The first-order valence-electron chi connectivity index (χ1n) is 11.1. The number of phenolic OH excluding ortho intramolecular Hbond substituents is 1. The topological polar surface area (TPSA) is 134 Å². The second-order valence-corrected chi connectivity index (χ2v) is 7.96. The van der Waals surface area contributed by atoms with E-state index >= 15 is 0 Å². The summed E-state index contributed by atoms with van der Waals surface area (Å²) >= 11 is 0. The molecule has 2 bridgehead atoms. The molecule has 3 aliphatic heterocycles. The molecule has 3 saturated heterocycles. The molecule has 4 aliphatic rings. The van der Waals surface area contributed by atoms with Gasteiger partial charge in [0.15, 0.2) is 12.9 Å². The molecule has 10 nitrogen and oxygen atoms in total. The summed E-state index contributed by atoms with van der Waals surface area (Å²) in [7, 11) is 0. The number of H-pyrrole nitrogens is 1. The Hall–Kier alpha value is -2.76. The largest absolute Gasteiger partial charge is 1.00 e. The van der Waals surface area contributed by atoms with Crippen LogP contribution < -0.4 is 10.1 Å². The predicted octanol–water partition coefficient (Wildman–Crippen LogP) is 2.42. The molecule has 2 unspecified atom stereocenters. The summed E-state index contributed by atoms with van der Waals surface area (Å²) in [4.78, 5) is 34.2. The van der Waals surface area contributed by atoms with E-state index < -0.39 is 5.91 Å². The Balaban J connectivity index is 0.000000222. The molecule has 1 aliphatic carbocycles. The number of benzene rings is 1. The second kappa shape index (κ2) is 14.5. The number of fused-ring (bicyclic) bond motifs is 2. The predicted molar refractivity (Wildman–Crippen MR) is 120 cm³/mol. The molecular weight excluding hydrogens is 619 g/mol. The SMILES string of the molecule is C1CCCC1.O=Cc1c(O)cccc1OCC(=O)Nc1ccn[nH]1.O=[C-]N1C2COCC1C2.[Os+]. The average Bonchev–Trinajstić information content (AvgIpc) is 3.56. The Morgan fingerprint density at radius 1 is 1.24 bits per heavy atom. The minimum Gasteiger partial charge on any atom is -0.520 e. The molecule has 4 heterocycles. The van der Waals surface area contributed by atoms with Crippen LogP contribution in [0.5, 0.6) is 11.5 Å². The third kappa shape index (κ3) is 7.92. The fraction of sp³-hybridized carbons (Fsp3) is 0.478. The summed E-state index contributed by atoms with van der Waals surface area (Å²) < 4.78 is 10.3. The number of hydrogen-bond donors (Lipinski definition) is 3. The first kappa shape index (κ1) is 27.5. The van der Waals surface area contributed by atoms with Gasteiger partial charge in [-0.1, -0.05) is 38.2 Å². The number of nitrogens with one attached hydrogen (secondary N) is 2. The average molecular weight is 648 g/mol. The number of rotatable bonds is 6. The fourth-order valence-corrected chi connectivity index (χ4v) is 3.80. The molecule has 2 atom stereocenters. The Kier molecular flexibility index (Phi) is 11.7. The van der Waals surface area contributed by atoms with Gasteiger partial charge in [-0.3, -0.25) is 14.7 Å². The van der Waals surface area contributed by atoms with E-state index in [1.807, 2.05) is 6.41 Å². The van der Waals surface area contributed by atoms with Crippen molar-refractivity contribution in [3.05, 3.63) is 36.0 Å². The van der Waals surface area contributed by atoms with Crippen molar-refractivity contribution < 1.29 is 48.8 Å². The summed E-state index contributed by atoms with van der Waals surface area (Å²) in [6, 6.07) is 6.66. The third-order valence-electron chi connectivity index (χ3n) is 5.60. The van der Waals surface area contributed by atoms with Crippen molar-refractivity contribution in [2.75, 3.05) is 25.1 Å². The van der Waals surface area contributed by atoms with Crippen LogP contribution in [0.25, 0.3) is 0 Å². The molecule has 1 aromatic carbocycles. The Morgan fingerprint density at radius 3 is 2.41 bits per heavy atom. The van der Waals surface area contributed by atoms with E-state index in [4.69, 9.17) is 9.47 Å². The first-order valence-corrected chi connectivity index (χ1v) is 11.1. The Morgan fingerprint density at radius 2 is 1.91 bits per heavy atom. The van der Waals surface area contributed by atoms with Gasteiger partial charge < -0.3 is 29.6 Å². The van der Waals surface area contributed by atoms with Crippen molar-refractivity contribution in [3.8, 4) is 11.5 Å². The van der Waals surface area contributed by atoms with Crippen LogP contribution in [0.15, 0.2) is 30.5 Å². The number of hydrogen-bond acceptors (Lipinski definition) is 7. The number of ether oxygens (including phenoxy) is 2. The van der Waals surface area contributed by atoms with Gasteiger partial charge in [0.05, 0.1) is 25.0 Å². The van der Waals surface area contributed by atoms with Crippen LogP contribution in [0.2, 0.25) is 0 Å². The van der Waals surface area contributed by atoms with Crippen LogP contribution in [-0.2, 0) is 34.1 Å². The Bertz CT molecular complexity index is 885. The number of aromatic hydroxyl groups is 1. The molecule has 4 fully saturated rings. The van der Waals surface area contributed by atoms with E-state index in [2.05, 4.69) is 15.5 Å². The minimum atomic E-state index is -0.413. The molecule has 11 heteroatoms. The number of phenols is 1. The summed E-state index contributed by atoms with van der Waals surface area (Å²) in [5, 5.41) is 18.2. The molecular formula is C23H29N4O6Os. The van der Waals surface area contributed by atoms with E-state index in [1.54, 1.807) is 11.0 Å². The number of aromatic nitrogens is 2. The smallest absolute Gasteiger partial charge is 0.520 e. The van der Waals surface area contributed by atoms with Crippen LogP contribution in [0.3, 0.4) is 0 Å². The van der Waals surface area contributed by atoms with Gasteiger partial charge in [0.2, 0.25) is 0 Å².